The second-order valence-electron chi connectivity index (χ2n) is 3.69. The fraction of sp³-hybridized carbons (Fsp3) is 0.167. The maximum atomic E-state index is 5.37. The van der Waals surface area contributed by atoms with Crippen molar-refractivity contribution in [1.82, 2.24) is 9.97 Å². The third-order valence-corrected chi connectivity index (χ3v) is 3.32. The lowest BCUT2D eigenvalue weighted by Crippen LogP contribution is -2.12. The molecular weight excluding hydrogens is 310 g/mol. The van der Waals surface area contributed by atoms with E-state index < -0.39 is 0 Å². The number of hydrogen-bond donors (Lipinski definition) is 3. The molecule has 2 aromatic rings. The highest BCUT2D eigenvalue weighted by Gasteiger charge is 2.11. The number of aromatic nitrogens is 2. The van der Waals surface area contributed by atoms with Gasteiger partial charge in [-0.05, 0) is 11.6 Å². The molecule has 0 aliphatic rings. The number of benzene rings is 1. The summed E-state index contributed by atoms with van der Waals surface area (Å²) < 4.78 is 6.28. The van der Waals surface area contributed by atoms with E-state index in [1.54, 1.807) is 7.11 Å². The topological polar surface area (TPSA) is 85.1 Å². The fourth-order valence-electron chi connectivity index (χ4n) is 1.62. The summed E-state index contributed by atoms with van der Waals surface area (Å²) in [5.74, 6) is 6.88. The standard InChI is InChI=1S/C12H14BrN5O/c1-19-10-11(16-7-17-12(10)18-14)15-6-8-4-2-3-5-9(8)13/h2-5,7H,6,14H2,1H3,(H2,15,16,17,18). The Hall–Kier alpha value is -1.86. The third-order valence-electron chi connectivity index (χ3n) is 2.55. The van der Waals surface area contributed by atoms with Crippen LogP contribution in [0.1, 0.15) is 5.56 Å². The van der Waals surface area contributed by atoms with Crippen LogP contribution in [0.15, 0.2) is 35.1 Å². The number of nitrogen functional groups attached to an aromatic ring is 1. The van der Waals surface area contributed by atoms with Crippen molar-refractivity contribution in [3.63, 3.8) is 0 Å². The van der Waals surface area contributed by atoms with Gasteiger partial charge in [-0.15, -0.1) is 0 Å². The first kappa shape index (κ1) is 13.6. The van der Waals surface area contributed by atoms with Gasteiger partial charge in [0.2, 0.25) is 5.75 Å². The van der Waals surface area contributed by atoms with E-state index in [2.05, 4.69) is 36.6 Å². The van der Waals surface area contributed by atoms with Gasteiger partial charge < -0.3 is 15.5 Å². The summed E-state index contributed by atoms with van der Waals surface area (Å²) in [5, 5.41) is 3.19. The van der Waals surface area contributed by atoms with Gasteiger partial charge in [0, 0.05) is 11.0 Å². The molecular formula is C12H14BrN5O. The molecule has 100 valence electrons. The average Bonchev–Trinajstić information content (AvgIpc) is 2.45. The van der Waals surface area contributed by atoms with Crippen LogP contribution in [0, 0.1) is 0 Å². The monoisotopic (exact) mass is 323 g/mol. The zero-order chi connectivity index (χ0) is 13.7. The number of nitrogens with two attached hydrogens (primary N) is 1. The number of hydrazine groups is 1. The van der Waals surface area contributed by atoms with Crippen LogP contribution in [0.5, 0.6) is 5.75 Å². The highest BCUT2D eigenvalue weighted by molar-refractivity contribution is 9.10. The molecule has 7 heteroatoms. The van der Waals surface area contributed by atoms with Crippen molar-refractivity contribution in [2.75, 3.05) is 17.9 Å². The van der Waals surface area contributed by atoms with Gasteiger partial charge in [-0.2, -0.15) is 0 Å². The average molecular weight is 324 g/mol. The van der Waals surface area contributed by atoms with Gasteiger partial charge in [-0.1, -0.05) is 34.1 Å². The van der Waals surface area contributed by atoms with Crippen LogP contribution >= 0.6 is 15.9 Å². The van der Waals surface area contributed by atoms with Gasteiger partial charge in [-0.3, -0.25) is 0 Å². The quantitative estimate of drug-likeness (QED) is 0.577. The molecule has 0 atom stereocenters. The lowest BCUT2D eigenvalue weighted by Gasteiger charge is -2.13. The fourth-order valence-corrected chi connectivity index (χ4v) is 2.04. The lowest BCUT2D eigenvalue weighted by molar-refractivity contribution is 0.414. The Balaban J connectivity index is 2.18. The summed E-state index contributed by atoms with van der Waals surface area (Å²) in [6.45, 7) is 0.610. The Labute approximate surface area is 119 Å². The second kappa shape index (κ2) is 6.35. The number of methoxy groups -OCH3 is 1. The van der Waals surface area contributed by atoms with Crippen molar-refractivity contribution in [1.29, 1.82) is 0 Å². The summed E-state index contributed by atoms with van der Waals surface area (Å²) in [7, 11) is 1.54. The van der Waals surface area contributed by atoms with E-state index in [1.807, 2.05) is 24.3 Å². The number of halogens is 1. The molecule has 0 unspecified atom stereocenters. The minimum Gasteiger partial charge on any atom is -0.490 e. The Morgan fingerprint density at radius 1 is 1.26 bits per heavy atom. The molecule has 6 nitrogen and oxygen atoms in total. The van der Waals surface area contributed by atoms with Crippen LogP contribution in [-0.4, -0.2) is 17.1 Å². The Bertz CT molecular complexity index is 564. The van der Waals surface area contributed by atoms with E-state index in [0.29, 0.717) is 23.9 Å². The van der Waals surface area contributed by atoms with Crippen LogP contribution in [-0.2, 0) is 6.54 Å². The van der Waals surface area contributed by atoms with Gasteiger partial charge in [0.05, 0.1) is 7.11 Å². The molecule has 0 spiro atoms. The Morgan fingerprint density at radius 3 is 2.68 bits per heavy atom. The van der Waals surface area contributed by atoms with Crippen LogP contribution < -0.4 is 21.3 Å². The smallest absolute Gasteiger partial charge is 0.205 e. The second-order valence-corrected chi connectivity index (χ2v) is 4.55. The summed E-state index contributed by atoms with van der Waals surface area (Å²) in [5.41, 5.74) is 3.59. The molecule has 4 N–H and O–H groups in total. The maximum Gasteiger partial charge on any atom is 0.205 e. The molecule has 1 aromatic heterocycles. The van der Waals surface area contributed by atoms with Gasteiger partial charge >= 0.3 is 0 Å². The lowest BCUT2D eigenvalue weighted by atomic mass is 10.2. The van der Waals surface area contributed by atoms with E-state index in [-0.39, 0.29) is 0 Å². The molecule has 0 bridgehead atoms. The number of nitrogens with zero attached hydrogens (tertiary/aromatic N) is 2. The van der Waals surface area contributed by atoms with Crippen molar-refractivity contribution >= 4 is 27.6 Å². The third kappa shape index (κ3) is 3.12. The predicted octanol–water partition coefficient (Wildman–Crippen LogP) is 2.15. The van der Waals surface area contributed by atoms with Crippen molar-refractivity contribution in [3.05, 3.63) is 40.6 Å². The van der Waals surface area contributed by atoms with E-state index >= 15 is 0 Å². The van der Waals surface area contributed by atoms with Crippen LogP contribution in [0.4, 0.5) is 11.6 Å². The molecule has 1 aromatic carbocycles. The first-order valence-electron chi connectivity index (χ1n) is 5.59. The molecule has 0 aliphatic carbocycles. The molecule has 1 heterocycles. The number of anilines is 2. The van der Waals surface area contributed by atoms with Gasteiger partial charge in [-0.25, -0.2) is 15.8 Å². The highest BCUT2D eigenvalue weighted by Crippen LogP contribution is 2.28. The number of nitrogens with one attached hydrogen (secondary N) is 2. The van der Waals surface area contributed by atoms with Gasteiger partial charge in [0.15, 0.2) is 11.6 Å². The zero-order valence-corrected chi connectivity index (χ0v) is 11.9. The summed E-state index contributed by atoms with van der Waals surface area (Å²) >= 11 is 3.50. The molecule has 0 saturated heterocycles. The molecule has 0 fully saturated rings. The van der Waals surface area contributed by atoms with Crippen molar-refractivity contribution < 1.29 is 4.74 Å². The van der Waals surface area contributed by atoms with Crippen LogP contribution in [0.3, 0.4) is 0 Å². The van der Waals surface area contributed by atoms with E-state index in [9.17, 15) is 0 Å². The predicted molar refractivity (Wildman–Crippen MR) is 77.9 cm³/mol. The van der Waals surface area contributed by atoms with E-state index in [0.717, 1.165) is 10.0 Å². The maximum absolute atomic E-state index is 5.37. The van der Waals surface area contributed by atoms with E-state index in [4.69, 9.17) is 10.6 Å². The first-order chi connectivity index (χ1) is 9.26. The van der Waals surface area contributed by atoms with E-state index in [1.165, 1.54) is 6.33 Å². The zero-order valence-electron chi connectivity index (χ0n) is 10.4. The van der Waals surface area contributed by atoms with Crippen LogP contribution in [0.25, 0.3) is 0 Å². The molecule has 2 rings (SSSR count). The summed E-state index contributed by atoms with van der Waals surface area (Å²) in [6.07, 6.45) is 1.42. The van der Waals surface area contributed by atoms with Crippen molar-refractivity contribution in [3.8, 4) is 5.75 Å². The molecule has 0 aliphatic heterocycles. The first-order valence-corrected chi connectivity index (χ1v) is 6.38. The SMILES string of the molecule is COc1c(NN)ncnc1NCc1ccccc1Br. The number of ether oxygens (including phenoxy) is 1. The molecule has 0 saturated carbocycles. The molecule has 0 amide bonds. The minimum atomic E-state index is 0.437. The van der Waals surface area contributed by atoms with Gasteiger partial charge in [0.25, 0.3) is 0 Å². The van der Waals surface area contributed by atoms with Crippen molar-refractivity contribution in [2.45, 2.75) is 6.54 Å². The summed E-state index contributed by atoms with van der Waals surface area (Å²) in [4.78, 5) is 8.12. The molecule has 19 heavy (non-hydrogen) atoms. The summed E-state index contributed by atoms with van der Waals surface area (Å²) in [6, 6.07) is 7.95. The highest BCUT2D eigenvalue weighted by atomic mass is 79.9. The Morgan fingerprint density at radius 2 is 2.00 bits per heavy atom. The van der Waals surface area contributed by atoms with Crippen LogP contribution in [0.2, 0.25) is 0 Å². The van der Waals surface area contributed by atoms with Crippen molar-refractivity contribution in [2.24, 2.45) is 5.84 Å². The Kier molecular flexibility index (Phi) is 4.53. The molecule has 0 radical (unpaired) electrons. The van der Waals surface area contributed by atoms with Gasteiger partial charge in [0.1, 0.15) is 6.33 Å². The minimum absolute atomic E-state index is 0.437. The largest absolute Gasteiger partial charge is 0.490 e. The number of hydrogen-bond acceptors (Lipinski definition) is 6. The normalized spacial score (nSPS) is 10.1. The number of rotatable bonds is 5.